The van der Waals surface area contributed by atoms with Crippen molar-refractivity contribution in [3.05, 3.63) is 0 Å². The Balaban J connectivity index is 1.72. The lowest BCUT2D eigenvalue weighted by Gasteiger charge is -2.52. The van der Waals surface area contributed by atoms with Crippen LogP contribution in [0, 0.1) is 0 Å². The molecule has 3 aliphatic heterocycles. The fourth-order valence-electron chi connectivity index (χ4n) is 4.60. The van der Waals surface area contributed by atoms with Crippen molar-refractivity contribution in [3.8, 4) is 0 Å². The van der Waals surface area contributed by atoms with Crippen LogP contribution < -0.4 is 5.32 Å². The van der Waals surface area contributed by atoms with E-state index in [9.17, 15) is 24.3 Å². The molecule has 28 heavy (non-hydrogen) atoms. The average Bonchev–Trinajstić information content (AvgIpc) is 3.27. The van der Waals surface area contributed by atoms with E-state index >= 15 is 0 Å². The van der Waals surface area contributed by atoms with Crippen LogP contribution in [0.3, 0.4) is 0 Å². The van der Waals surface area contributed by atoms with Gasteiger partial charge in [-0.1, -0.05) is 0 Å². The molecular formula is C18H28N4O6. The second-order valence-electron chi connectivity index (χ2n) is 8.04. The third-order valence-corrected chi connectivity index (χ3v) is 6.07. The lowest BCUT2D eigenvalue weighted by molar-refractivity contribution is -0.172. The van der Waals surface area contributed by atoms with Gasteiger partial charge in [0.2, 0.25) is 11.8 Å². The fourth-order valence-corrected chi connectivity index (χ4v) is 4.60. The van der Waals surface area contributed by atoms with Gasteiger partial charge in [-0.15, -0.1) is 0 Å². The van der Waals surface area contributed by atoms with Crippen LogP contribution in [0.2, 0.25) is 0 Å². The molecular weight excluding hydrogens is 368 g/mol. The number of aliphatic hydroxyl groups excluding tert-OH is 1. The highest BCUT2D eigenvalue weighted by molar-refractivity contribution is 6.00. The third-order valence-electron chi connectivity index (χ3n) is 6.07. The number of amides is 4. The van der Waals surface area contributed by atoms with Crippen molar-refractivity contribution in [1.29, 1.82) is 0 Å². The molecule has 4 atom stereocenters. The normalized spacial score (nSPS) is 29.0. The van der Waals surface area contributed by atoms with Gasteiger partial charge in [-0.25, -0.2) is 4.79 Å². The van der Waals surface area contributed by atoms with E-state index in [4.69, 9.17) is 5.11 Å². The first-order valence-electron chi connectivity index (χ1n) is 9.75. The van der Waals surface area contributed by atoms with E-state index in [1.54, 1.807) is 11.8 Å². The van der Waals surface area contributed by atoms with Gasteiger partial charge in [-0.3, -0.25) is 14.4 Å². The Hall–Kier alpha value is -2.36. The predicted molar refractivity (Wildman–Crippen MR) is 97.3 cm³/mol. The molecule has 0 aromatic rings. The monoisotopic (exact) mass is 396 g/mol. The van der Waals surface area contributed by atoms with E-state index in [1.807, 2.05) is 5.32 Å². The summed E-state index contributed by atoms with van der Waals surface area (Å²) in [6.07, 6.45) is 0.355. The molecule has 3 fully saturated rings. The van der Waals surface area contributed by atoms with Gasteiger partial charge in [0, 0.05) is 19.1 Å². The van der Waals surface area contributed by atoms with Crippen LogP contribution in [0.5, 0.6) is 0 Å². The molecule has 0 radical (unpaired) electrons. The van der Waals surface area contributed by atoms with Crippen molar-refractivity contribution < 1.29 is 29.4 Å². The van der Waals surface area contributed by atoms with E-state index in [2.05, 4.69) is 0 Å². The highest BCUT2D eigenvalue weighted by Crippen LogP contribution is 2.42. The summed E-state index contributed by atoms with van der Waals surface area (Å²) < 4.78 is 0. The van der Waals surface area contributed by atoms with E-state index < -0.39 is 29.7 Å². The Labute approximate surface area is 163 Å². The highest BCUT2D eigenvalue weighted by Gasteiger charge is 2.62. The molecule has 1 spiro atoms. The standard InChI is InChI=1S/C18H28N4O6/c1-11-5-6-18(22(11)15(25)14(12(2)23)19-17(27)28)10-21(16(18)26)9-13(24)20-7-3-4-8-20/h11-12,14,19,23H,3-10H2,1-2H3,(H,27,28). The molecule has 3 rings (SSSR count). The van der Waals surface area contributed by atoms with Gasteiger partial charge in [0.15, 0.2) is 0 Å². The zero-order valence-electron chi connectivity index (χ0n) is 16.3. The molecule has 0 aromatic carbocycles. The smallest absolute Gasteiger partial charge is 0.405 e. The number of nitrogens with one attached hydrogen (secondary N) is 1. The Morgan fingerprint density at radius 3 is 2.46 bits per heavy atom. The Bertz CT molecular complexity index is 677. The number of hydrogen-bond donors (Lipinski definition) is 3. The van der Waals surface area contributed by atoms with Gasteiger partial charge >= 0.3 is 6.09 Å². The largest absolute Gasteiger partial charge is 0.465 e. The number of carbonyl (C=O) groups excluding carboxylic acids is 3. The molecule has 4 amide bonds. The van der Waals surface area contributed by atoms with Crippen LogP contribution in [0.4, 0.5) is 4.79 Å². The first-order chi connectivity index (χ1) is 13.2. The first kappa shape index (κ1) is 20.4. The summed E-state index contributed by atoms with van der Waals surface area (Å²) in [6.45, 7) is 4.81. The molecule has 0 aliphatic carbocycles. The second kappa shape index (κ2) is 7.57. The summed E-state index contributed by atoms with van der Waals surface area (Å²) in [4.78, 5) is 54.0. The number of hydrogen-bond acceptors (Lipinski definition) is 5. The third kappa shape index (κ3) is 3.41. The molecule has 156 valence electrons. The zero-order valence-corrected chi connectivity index (χ0v) is 16.3. The molecule has 3 heterocycles. The molecule has 3 aliphatic rings. The van der Waals surface area contributed by atoms with Crippen LogP contribution in [-0.2, 0) is 14.4 Å². The number of aliphatic hydroxyl groups is 1. The first-order valence-corrected chi connectivity index (χ1v) is 9.75. The van der Waals surface area contributed by atoms with Crippen LogP contribution in [0.1, 0.15) is 39.5 Å². The molecule has 3 saturated heterocycles. The van der Waals surface area contributed by atoms with Crippen molar-refractivity contribution in [2.24, 2.45) is 0 Å². The number of carboxylic acid groups (broad SMARTS) is 1. The van der Waals surface area contributed by atoms with Crippen molar-refractivity contribution in [2.75, 3.05) is 26.2 Å². The molecule has 10 heteroatoms. The lowest BCUT2D eigenvalue weighted by Crippen LogP contribution is -2.75. The van der Waals surface area contributed by atoms with Gasteiger partial charge in [0.05, 0.1) is 19.2 Å². The molecule has 0 saturated carbocycles. The maximum absolute atomic E-state index is 13.0. The predicted octanol–water partition coefficient (Wildman–Crippen LogP) is -0.782. The summed E-state index contributed by atoms with van der Waals surface area (Å²) in [5.74, 6) is -0.974. The van der Waals surface area contributed by atoms with E-state index in [-0.39, 0.29) is 30.9 Å². The highest BCUT2D eigenvalue weighted by atomic mass is 16.4. The summed E-state index contributed by atoms with van der Waals surface area (Å²) in [7, 11) is 0. The van der Waals surface area contributed by atoms with Crippen molar-refractivity contribution in [1.82, 2.24) is 20.0 Å². The van der Waals surface area contributed by atoms with Gasteiger partial charge in [-0.05, 0) is 39.5 Å². The number of β-lactam (4-membered cyclic amide) rings is 1. The SMILES string of the molecule is CC(O)C(NC(=O)O)C(=O)N1C(C)CCC12CN(CC(=O)N1CCCC1)C2=O. The Morgan fingerprint density at radius 1 is 1.29 bits per heavy atom. The van der Waals surface area contributed by atoms with Crippen LogP contribution in [0.25, 0.3) is 0 Å². The fraction of sp³-hybridized carbons (Fsp3) is 0.778. The molecule has 0 bridgehead atoms. The number of carbonyl (C=O) groups is 4. The topological polar surface area (TPSA) is 130 Å². The Kier molecular flexibility index (Phi) is 5.51. The molecule has 10 nitrogen and oxygen atoms in total. The van der Waals surface area contributed by atoms with Crippen molar-refractivity contribution >= 4 is 23.8 Å². The second-order valence-corrected chi connectivity index (χ2v) is 8.04. The van der Waals surface area contributed by atoms with E-state index in [0.29, 0.717) is 25.9 Å². The minimum Gasteiger partial charge on any atom is -0.465 e. The summed E-state index contributed by atoms with van der Waals surface area (Å²) >= 11 is 0. The van der Waals surface area contributed by atoms with Crippen LogP contribution in [0.15, 0.2) is 0 Å². The summed E-state index contributed by atoms with van der Waals surface area (Å²) in [5.41, 5.74) is -1.05. The maximum Gasteiger partial charge on any atom is 0.405 e. The zero-order chi connectivity index (χ0) is 20.6. The lowest BCUT2D eigenvalue weighted by atomic mass is 9.85. The van der Waals surface area contributed by atoms with Gasteiger partial charge in [-0.2, -0.15) is 0 Å². The van der Waals surface area contributed by atoms with Gasteiger partial charge in [0.1, 0.15) is 11.6 Å². The van der Waals surface area contributed by atoms with E-state index in [0.717, 1.165) is 12.8 Å². The van der Waals surface area contributed by atoms with Crippen molar-refractivity contribution in [3.63, 3.8) is 0 Å². The summed E-state index contributed by atoms with van der Waals surface area (Å²) in [5, 5.41) is 20.9. The molecule has 3 N–H and O–H groups in total. The number of likely N-dealkylation sites (tertiary alicyclic amines) is 3. The van der Waals surface area contributed by atoms with Crippen LogP contribution in [-0.4, -0.2) is 98.6 Å². The molecule has 4 unspecified atom stereocenters. The molecule has 0 aromatic heterocycles. The number of rotatable bonds is 5. The van der Waals surface area contributed by atoms with Gasteiger partial charge in [0.25, 0.3) is 5.91 Å². The quantitative estimate of drug-likeness (QED) is 0.523. The van der Waals surface area contributed by atoms with Gasteiger partial charge < -0.3 is 30.2 Å². The van der Waals surface area contributed by atoms with E-state index in [1.165, 1.54) is 16.7 Å². The maximum atomic E-state index is 13.0. The van der Waals surface area contributed by atoms with Crippen molar-refractivity contribution in [2.45, 2.75) is 63.3 Å². The summed E-state index contributed by atoms with van der Waals surface area (Å²) in [6, 6.07) is -1.60. The Morgan fingerprint density at radius 2 is 1.93 bits per heavy atom. The van der Waals surface area contributed by atoms with Crippen LogP contribution >= 0.6 is 0 Å². The minimum absolute atomic E-state index is 0.00417. The number of nitrogens with zero attached hydrogens (tertiary/aromatic N) is 3. The minimum atomic E-state index is -1.42. The average molecular weight is 396 g/mol.